The third-order valence-electron chi connectivity index (χ3n) is 3.64. The van der Waals surface area contributed by atoms with Crippen LogP contribution < -0.4 is 5.73 Å². The number of anilines is 1. The van der Waals surface area contributed by atoms with Gasteiger partial charge < -0.3 is 10.6 Å². The zero-order chi connectivity index (χ0) is 14.0. The average molecular weight is 268 g/mol. The predicted molar refractivity (Wildman–Crippen MR) is 69.7 cm³/mol. The van der Waals surface area contributed by atoms with Gasteiger partial charge in [-0.05, 0) is 37.3 Å². The van der Waals surface area contributed by atoms with Crippen LogP contribution in [0.4, 0.5) is 14.5 Å². The lowest BCUT2D eigenvalue weighted by Crippen LogP contribution is -2.33. The van der Waals surface area contributed by atoms with Crippen LogP contribution in [0.1, 0.15) is 36.5 Å². The van der Waals surface area contributed by atoms with Crippen LogP contribution in [0.2, 0.25) is 0 Å². The molecule has 1 saturated heterocycles. The Morgan fingerprint density at radius 1 is 1.32 bits per heavy atom. The first kappa shape index (κ1) is 13.8. The summed E-state index contributed by atoms with van der Waals surface area (Å²) < 4.78 is 27.5. The number of carbonyl (C=O) groups is 1. The molecule has 1 aromatic carbocycles. The minimum atomic E-state index is -0.956. The highest BCUT2D eigenvalue weighted by molar-refractivity contribution is 5.95. The second kappa shape index (κ2) is 5.55. The summed E-state index contributed by atoms with van der Waals surface area (Å²) in [5.41, 5.74) is 4.66. The van der Waals surface area contributed by atoms with Crippen LogP contribution in [0.3, 0.4) is 0 Å². The number of hydrogen-bond acceptors (Lipinski definition) is 2. The summed E-state index contributed by atoms with van der Waals surface area (Å²) >= 11 is 0. The van der Waals surface area contributed by atoms with Crippen LogP contribution in [0.25, 0.3) is 0 Å². The first-order valence-electron chi connectivity index (χ1n) is 6.53. The number of nitrogens with two attached hydrogens (primary N) is 1. The maximum atomic E-state index is 13.8. The van der Waals surface area contributed by atoms with Crippen molar-refractivity contribution in [2.45, 2.75) is 26.2 Å². The first-order chi connectivity index (χ1) is 9.00. The molecule has 19 heavy (non-hydrogen) atoms. The molecule has 0 aliphatic carbocycles. The van der Waals surface area contributed by atoms with Gasteiger partial charge in [0.1, 0.15) is 11.4 Å². The summed E-state index contributed by atoms with van der Waals surface area (Å²) in [5.74, 6) is -1.87. The Morgan fingerprint density at radius 2 is 2.05 bits per heavy atom. The molecule has 1 aromatic rings. The Hall–Kier alpha value is -1.65. The molecule has 104 valence electrons. The molecule has 1 unspecified atom stereocenters. The number of hydrogen-bond donors (Lipinski definition) is 1. The topological polar surface area (TPSA) is 46.3 Å². The second-order valence-electron chi connectivity index (χ2n) is 5.15. The number of benzene rings is 1. The molecule has 0 bridgehead atoms. The molecular formula is C14H18F2N2O. The fraction of sp³-hybridized carbons (Fsp3) is 0.500. The Labute approximate surface area is 111 Å². The number of nitrogens with zero attached hydrogens (tertiary/aromatic N) is 1. The van der Waals surface area contributed by atoms with Crippen molar-refractivity contribution in [3.63, 3.8) is 0 Å². The van der Waals surface area contributed by atoms with Gasteiger partial charge in [0.2, 0.25) is 0 Å². The zero-order valence-electron chi connectivity index (χ0n) is 11.0. The number of rotatable bonds is 1. The fourth-order valence-corrected chi connectivity index (χ4v) is 2.39. The number of amides is 1. The largest absolute Gasteiger partial charge is 0.396 e. The van der Waals surface area contributed by atoms with Gasteiger partial charge in [-0.3, -0.25) is 4.79 Å². The van der Waals surface area contributed by atoms with E-state index in [1.807, 2.05) is 0 Å². The van der Waals surface area contributed by atoms with E-state index < -0.39 is 23.1 Å². The van der Waals surface area contributed by atoms with Crippen LogP contribution in [-0.4, -0.2) is 23.9 Å². The van der Waals surface area contributed by atoms with Crippen molar-refractivity contribution in [3.05, 3.63) is 29.3 Å². The Bertz CT molecular complexity index is 491. The van der Waals surface area contributed by atoms with Gasteiger partial charge in [-0.2, -0.15) is 0 Å². The van der Waals surface area contributed by atoms with E-state index in [2.05, 4.69) is 6.92 Å². The van der Waals surface area contributed by atoms with Gasteiger partial charge in [0.15, 0.2) is 5.82 Å². The lowest BCUT2D eigenvalue weighted by molar-refractivity contribution is 0.0750. The Balaban J connectivity index is 2.26. The third-order valence-corrected chi connectivity index (χ3v) is 3.64. The number of carbonyl (C=O) groups excluding carboxylic acids is 1. The summed E-state index contributed by atoms with van der Waals surface area (Å²) in [7, 11) is 0. The molecule has 1 aliphatic heterocycles. The van der Waals surface area contributed by atoms with Crippen molar-refractivity contribution in [3.8, 4) is 0 Å². The Kier molecular flexibility index (Phi) is 4.02. The van der Waals surface area contributed by atoms with Gasteiger partial charge in [0.05, 0.1) is 5.69 Å². The van der Waals surface area contributed by atoms with Gasteiger partial charge in [0, 0.05) is 13.1 Å². The number of nitrogen functional groups attached to an aromatic ring is 1. The molecule has 5 heteroatoms. The van der Waals surface area contributed by atoms with Crippen LogP contribution in [0, 0.1) is 17.6 Å². The maximum absolute atomic E-state index is 13.8. The molecule has 0 spiro atoms. The predicted octanol–water partition coefficient (Wildman–Crippen LogP) is 2.81. The van der Waals surface area contributed by atoms with Crippen LogP contribution in [-0.2, 0) is 0 Å². The van der Waals surface area contributed by atoms with Crippen molar-refractivity contribution >= 4 is 11.6 Å². The lowest BCUT2D eigenvalue weighted by atomic mass is 10.0. The lowest BCUT2D eigenvalue weighted by Gasteiger charge is -2.21. The SMILES string of the molecule is CC1CCCN(C(=O)c2c(F)ccc(N)c2F)CC1. The monoisotopic (exact) mass is 268 g/mol. The molecule has 0 aromatic heterocycles. The van der Waals surface area contributed by atoms with Gasteiger partial charge in [0.25, 0.3) is 5.91 Å². The molecule has 2 N–H and O–H groups in total. The van der Waals surface area contributed by atoms with E-state index in [-0.39, 0.29) is 5.69 Å². The Morgan fingerprint density at radius 3 is 2.79 bits per heavy atom. The quantitative estimate of drug-likeness (QED) is 0.796. The molecule has 1 fully saturated rings. The molecule has 2 rings (SSSR count). The molecule has 1 atom stereocenters. The number of likely N-dealkylation sites (tertiary alicyclic amines) is 1. The highest BCUT2D eigenvalue weighted by Gasteiger charge is 2.26. The van der Waals surface area contributed by atoms with Crippen LogP contribution in [0.15, 0.2) is 12.1 Å². The van der Waals surface area contributed by atoms with E-state index in [0.717, 1.165) is 31.4 Å². The van der Waals surface area contributed by atoms with Crippen molar-refractivity contribution in [2.24, 2.45) is 5.92 Å². The minimum absolute atomic E-state index is 0.201. The van der Waals surface area contributed by atoms with Gasteiger partial charge in [-0.15, -0.1) is 0 Å². The van der Waals surface area contributed by atoms with Gasteiger partial charge in [-0.1, -0.05) is 6.92 Å². The first-order valence-corrected chi connectivity index (χ1v) is 6.53. The maximum Gasteiger partial charge on any atom is 0.259 e. The molecule has 3 nitrogen and oxygen atoms in total. The van der Waals surface area contributed by atoms with Crippen LogP contribution >= 0.6 is 0 Å². The smallest absolute Gasteiger partial charge is 0.259 e. The molecule has 0 saturated carbocycles. The number of halogens is 2. The van der Waals surface area contributed by atoms with Gasteiger partial charge >= 0.3 is 0 Å². The van der Waals surface area contributed by atoms with E-state index in [0.29, 0.717) is 19.0 Å². The minimum Gasteiger partial charge on any atom is -0.396 e. The van der Waals surface area contributed by atoms with Gasteiger partial charge in [-0.25, -0.2) is 8.78 Å². The summed E-state index contributed by atoms with van der Waals surface area (Å²) in [4.78, 5) is 13.8. The fourth-order valence-electron chi connectivity index (χ4n) is 2.39. The van der Waals surface area contributed by atoms with Crippen LogP contribution in [0.5, 0.6) is 0 Å². The van der Waals surface area contributed by atoms with E-state index in [4.69, 9.17) is 5.73 Å². The van der Waals surface area contributed by atoms with Crippen molar-refractivity contribution in [1.82, 2.24) is 4.90 Å². The van der Waals surface area contributed by atoms with E-state index in [1.165, 1.54) is 4.90 Å². The second-order valence-corrected chi connectivity index (χ2v) is 5.15. The zero-order valence-corrected chi connectivity index (χ0v) is 11.0. The molecular weight excluding hydrogens is 250 g/mol. The van der Waals surface area contributed by atoms with E-state index >= 15 is 0 Å². The average Bonchev–Trinajstić information content (AvgIpc) is 2.59. The summed E-state index contributed by atoms with van der Waals surface area (Å²) in [6.45, 7) is 3.19. The standard InChI is InChI=1S/C14H18F2N2O/c1-9-3-2-7-18(8-6-9)14(19)12-10(15)4-5-11(17)13(12)16/h4-5,9H,2-3,6-8,17H2,1H3. The molecule has 1 aliphatic rings. The molecule has 1 amide bonds. The van der Waals surface area contributed by atoms with E-state index in [9.17, 15) is 13.6 Å². The molecule has 1 heterocycles. The van der Waals surface area contributed by atoms with Crippen molar-refractivity contribution in [1.29, 1.82) is 0 Å². The normalized spacial score (nSPS) is 20.2. The van der Waals surface area contributed by atoms with E-state index in [1.54, 1.807) is 0 Å². The summed E-state index contributed by atoms with van der Waals surface area (Å²) in [6.07, 6.45) is 2.75. The summed E-state index contributed by atoms with van der Waals surface area (Å²) in [5, 5.41) is 0. The highest BCUT2D eigenvalue weighted by atomic mass is 19.1. The molecule has 0 radical (unpaired) electrons. The van der Waals surface area contributed by atoms with Crippen molar-refractivity contribution < 1.29 is 13.6 Å². The summed E-state index contributed by atoms with van der Waals surface area (Å²) in [6, 6.07) is 2.16. The highest BCUT2D eigenvalue weighted by Crippen LogP contribution is 2.23. The van der Waals surface area contributed by atoms with Crippen molar-refractivity contribution in [2.75, 3.05) is 18.8 Å². The third kappa shape index (κ3) is 2.85.